The Morgan fingerprint density at radius 1 is 1.05 bits per heavy atom. The number of halogens is 3. The van der Waals surface area contributed by atoms with E-state index in [0.29, 0.717) is 23.2 Å². The lowest BCUT2D eigenvalue weighted by Gasteiger charge is -2.29. The van der Waals surface area contributed by atoms with Crippen LogP contribution in [-0.4, -0.2) is 22.1 Å². The largest absolute Gasteiger partial charge is 0.323 e. The highest BCUT2D eigenvalue weighted by Crippen LogP contribution is 2.39. The first-order valence-corrected chi connectivity index (χ1v) is 6.97. The van der Waals surface area contributed by atoms with Crippen LogP contribution in [0.2, 0.25) is 0 Å². The first-order chi connectivity index (χ1) is 9.61. The number of aromatic nitrogens is 2. The zero-order valence-corrected chi connectivity index (χ0v) is 12.0. The Morgan fingerprint density at radius 3 is 2.38 bits per heavy atom. The molecule has 21 heavy (non-hydrogen) atoms. The van der Waals surface area contributed by atoms with Gasteiger partial charge in [-0.2, -0.15) is 0 Å². The highest BCUT2D eigenvalue weighted by atomic mass is 35.5. The van der Waals surface area contributed by atoms with E-state index >= 15 is 0 Å². The van der Waals surface area contributed by atoms with Crippen LogP contribution in [0.3, 0.4) is 0 Å². The lowest BCUT2D eigenvalue weighted by molar-refractivity contribution is 0.353. The average molecular weight is 316 g/mol. The van der Waals surface area contributed by atoms with Crippen LogP contribution >= 0.6 is 12.4 Å². The zero-order valence-electron chi connectivity index (χ0n) is 11.2. The SMILES string of the molecule is Cl.O=c1[nH]c2cc(C3CC4CCC(C3)N4)c(F)c(F)c2[nH]1. The van der Waals surface area contributed by atoms with Crippen molar-refractivity contribution in [3.63, 3.8) is 0 Å². The number of nitrogens with one attached hydrogen (secondary N) is 3. The predicted molar refractivity (Wildman–Crippen MR) is 78.0 cm³/mol. The number of H-pyrrole nitrogens is 2. The van der Waals surface area contributed by atoms with Crippen LogP contribution in [0.25, 0.3) is 11.0 Å². The Kier molecular flexibility index (Phi) is 3.53. The third kappa shape index (κ3) is 2.26. The van der Waals surface area contributed by atoms with E-state index in [0.717, 1.165) is 25.7 Å². The number of benzene rings is 1. The van der Waals surface area contributed by atoms with Gasteiger partial charge < -0.3 is 15.3 Å². The van der Waals surface area contributed by atoms with Crippen LogP contribution in [0.1, 0.15) is 37.2 Å². The predicted octanol–water partition coefficient (Wildman–Crippen LogP) is 2.55. The highest BCUT2D eigenvalue weighted by Gasteiger charge is 2.35. The molecule has 1 aromatic carbocycles. The molecule has 0 amide bonds. The molecule has 0 spiro atoms. The highest BCUT2D eigenvalue weighted by molar-refractivity contribution is 5.85. The van der Waals surface area contributed by atoms with Crippen LogP contribution < -0.4 is 11.0 Å². The molecule has 2 aliphatic rings. The first kappa shape index (κ1) is 14.5. The molecular formula is C14H16ClF2N3O. The molecule has 114 valence electrons. The molecule has 2 atom stereocenters. The van der Waals surface area contributed by atoms with Gasteiger partial charge in [-0.05, 0) is 43.2 Å². The molecule has 2 fully saturated rings. The van der Waals surface area contributed by atoms with Crippen molar-refractivity contribution >= 4 is 23.4 Å². The van der Waals surface area contributed by atoms with Gasteiger partial charge in [0.15, 0.2) is 11.6 Å². The minimum atomic E-state index is -0.957. The van der Waals surface area contributed by atoms with Crippen molar-refractivity contribution in [1.29, 1.82) is 0 Å². The summed E-state index contributed by atoms with van der Waals surface area (Å²) in [6, 6.07) is 2.39. The number of rotatable bonds is 1. The maximum absolute atomic E-state index is 14.3. The molecule has 0 aliphatic carbocycles. The van der Waals surface area contributed by atoms with Crippen molar-refractivity contribution in [3.8, 4) is 0 Å². The normalized spacial score (nSPS) is 27.8. The molecule has 2 saturated heterocycles. The van der Waals surface area contributed by atoms with Gasteiger partial charge in [0.05, 0.1) is 5.52 Å². The Labute approximate surface area is 125 Å². The van der Waals surface area contributed by atoms with Gasteiger partial charge >= 0.3 is 5.69 Å². The van der Waals surface area contributed by atoms with Crippen molar-refractivity contribution in [2.75, 3.05) is 0 Å². The minimum absolute atomic E-state index is 0. The van der Waals surface area contributed by atoms with E-state index in [4.69, 9.17) is 0 Å². The molecule has 3 heterocycles. The van der Waals surface area contributed by atoms with Crippen molar-refractivity contribution in [2.24, 2.45) is 0 Å². The standard InChI is InChI=1S/C14H15F2N3O.ClH/c15-11-9(6-3-7-1-2-8(4-6)17-7)5-10-13(12(11)16)19-14(20)18-10;/h5-8,17H,1-4H2,(H2,18,19,20);1H. The summed E-state index contributed by atoms with van der Waals surface area (Å²) in [7, 11) is 0. The van der Waals surface area contributed by atoms with Crippen molar-refractivity contribution in [3.05, 3.63) is 33.7 Å². The lowest BCUT2D eigenvalue weighted by Crippen LogP contribution is -2.37. The number of imidazole rings is 1. The van der Waals surface area contributed by atoms with E-state index in [1.165, 1.54) is 0 Å². The monoisotopic (exact) mass is 315 g/mol. The van der Waals surface area contributed by atoms with Crippen molar-refractivity contribution in [2.45, 2.75) is 43.7 Å². The van der Waals surface area contributed by atoms with Gasteiger partial charge in [0.2, 0.25) is 0 Å². The molecule has 1 aromatic heterocycles. The summed E-state index contributed by atoms with van der Waals surface area (Å²) in [5.41, 5.74) is 0.146. The molecule has 2 bridgehead atoms. The number of piperidine rings is 1. The molecule has 2 unspecified atom stereocenters. The Balaban J connectivity index is 0.00000132. The maximum Gasteiger partial charge on any atom is 0.323 e. The van der Waals surface area contributed by atoms with E-state index < -0.39 is 17.3 Å². The maximum atomic E-state index is 14.3. The second kappa shape index (κ2) is 5.10. The summed E-state index contributed by atoms with van der Waals surface area (Å²) in [5, 5.41) is 3.49. The first-order valence-electron chi connectivity index (χ1n) is 6.97. The smallest absolute Gasteiger partial charge is 0.311 e. The Bertz CT molecular complexity index is 730. The fraction of sp³-hybridized carbons (Fsp3) is 0.500. The average Bonchev–Trinajstić information content (AvgIpc) is 2.96. The van der Waals surface area contributed by atoms with Crippen molar-refractivity contribution in [1.82, 2.24) is 15.3 Å². The summed E-state index contributed by atoms with van der Waals surface area (Å²) < 4.78 is 28.3. The molecule has 2 aliphatic heterocycles. The van der Waals surface area contributed by atoms with E-state index in [1.54, 1.807) is 6.07 Å². The molecule has 0 saturated carbocycles. The number of hydrogen-bond acceptors (Lipinski definition) is 2. The topological polar surface area (TPSA) is 60.7 Å². The number of aromatic amines is 2. The molecule has 4 nitrogen and oxygen atoms in total. The molecule has 4 rings (SSSR count). The van der Waals surface area contributed by atoms with Crippen LogP contribution in [0, 0.1) is 11.6 Å². The van der Waals surface area contributed by atoms with Gasteiger partial charge in [-0.1, -0.05) is 0 Å². The van der Waals surface area contributed by atoms with Crippen molar-refractivity contribution < 1.29 is 8.78 Å². The Morgan fingerprint density at radius 2 is 1.71 bits per heavy atom. The Hall–Kier alpha value is -1.40. The third-order valence-electron chi connectivity index (χ3n) is 4.63. The van der Waals surface area contributed by atoms with Gasteiger partial charge in [-0.25, -0.2) is 13.6 Å². The second-order valence-corrected chi connectivity index (χ2v) is 5.90. The molecule has 3 N–H and O–H groups in total. The van der Waals surface area contributed by atoms with Gasteiger partial charge in [-0.3, -0.25) is 0 Å². The summed E-state index contributed by atoms with van der Waals surface area (Å²) in [6.45, 7) is 0. The summed E-state index contributed by atoms with van der Waals surface area (Å²) in [5.74, 6) is -1.76. The van der Waals surface area contributed by atoms with Crippen LogP contribution in [-0.2, 0) is 0 Å². The molecular weight excluding hydrogens is 300 g/mol. The van der Waals surface area contributed by atoms with Gasteiger partial charge in [0.25, 0.3) is 0 Å². The molecule has 0 radical (unpaired) electrons. The number of hydrogen-bond donors (Lipinski definition) is 3. The lowest BCUT2D eigenvalue weighted by atomic mass is 9.85. The fourth-order valence-corrected chi connectivity index (χ4v) is 3.74. The zero-order chi connectivity index (χ0) is 13.9. The van der Waals surface area contributed by atoms with Crippen LogP contribution in [0.5, 0.6) is 0 Å². The third-order valence-corrected chi connectivity index (χ3v) is 4.63. The van der Waals surface area contributed by atoms with Gasteiger partial charge in [0.1, 0.15) is 5.52 Å². The quantitative estimate of drug-likeness (QED) is 0.757. The summed E-state index contributed by atoms with van der Waals surface area (Å²) >= 11 is 0. The van der Waals surface area contributed by atoms with E-state index in [-0.39, 0.29) is 23.8 Å². The minimum Gasteiger partial charge on any atom is -0.311 e. The van der Waals surface area contributed by atoms with Gasteiger partial charge in [0, 0.05) is 12.1 Å². The van der Waals surface area contributed by atoms with E-state index in [9.17, 15) is 13.6 Å². The fourth-order valence-electron chi connectivity index (χ4n) is 3.74. The van der Waals surface area contributed by atoms with E-state index in [1.807, 2.05) is 0 Å². The second-order valence-electron chi connectivity index (χ2n) is 5.90. The molecule has 7 heteroatoms. The van der Waals surface area contributed by atoms with Crippen LogP contribution in [0.15, 0.2) is 10.9 Å². The molecule has 2 aromatic rings. The number of fused-ring (bicyclic) bond motifs is 3. The summed E-state index contributed by atoms with van der Waals surface area (Å²) in [4.78, 5) is 16.0. The van der Waals surface area contributed by atoms with Gasteiger partial charge in [-0.15, -0.1) is 12.4 Å². The van der Waals surface area contributed by atoms with Crippen LogP contribution in [0.4, 0.5) is 8.78 Å². The summed E-state index contributed by atoms with van der Waals surface area (Å²) in [6.07, 6.45) is 3.86. The van der Waals surface area contributed by atoms with E-state index in [2.05, 4.69) is 15.3 Å².